The Morgan fingerprint density at radius 2 is 2.19 bits per heavy atom. The third-order valence-corrected chi connectivity index (χ3v) is 4.49. The second-order valence-electron chi connectivity index (χ2n) is 6.08. The number of anilines is 1. The monoisotopic (exact) mass is 314 g/mol. The van der Waals surface area contributed by atoms with Gasteiger partial charge in [-0.25, -0.2) is 4.79 Å². The molecule has 1 aromatic heterocycles. The van der Waals surface area contributed by atoms with Gasteiger partial charge in [0, 0.05) is 19.6 Å². The van der Waals surface area contributed by atoms with Crippen molar-refractivity contribution in [3.8, 4) is 0 Å². The van der Waals surface area contributed by atoms with E-state index in [0.717, 1.165) is 11.5 Å². The van der Waals surface area contributed by atoms with Crippen LogP contribution in [-0.4, -0.2) is 51.1 Å². The standard InChI is InChI=1S/C12H18N4O4S/c1-12(2,3)9-7-14(4-5-15(9)11(17)18)10-8(16(19)20)6-13-21-10/h6,9H,4-5,7H2,1-3H3,(H,17,18). The first-order valence-corrected chi connectivity index (χ1v) is 7.32. The summed E-state index contributed by atoms with van der Waals surface area (Å²) in [5.41, 5.74) is -0.271. The molecule has 1 fully saturated rings. The van der Waals surface area contributed by atoms with Crippen molar-refractivity contribution in [1.82, 2.24) is 9.27 Å². The van der Waals surface area contributed by atoms with Gasteiger partial charge in [-0.3, -0.25) is 10.1 Å². The van der Waals surface area contributed by atoms with Gasteiger partial charge >= 0.3 is 11.8 Å². The molecule has 0 saturated carbocycles. The van der Waals surface area contributed by atoms with E-state index in [1.807, 2.05) is 25.7 Å². The van der Waals surface area contributed by atoms with Crippen LogP contribution in [0.4, 0.5) is 15.5 Å². The first kappa shape index (κ1) is 15.5. The summed E-state index contributed by atoms with van der Waals surface area (Å²) >= 11 is 1.08. The Balaban J connectivity index is 2.27. The normalized spacial score (nSPS) is 19.7. The molecule has 116 valence electrons. The summed E-state index contributed by atoms with van der Waals surface area (Å²) in [6.45, 7) is 7.10. The number of nitrogens with zero attached hydrogens (tertiary/aromatic N) is 4. The fourth-order valence-electron chi connectivity index (χ4n) is 2.51. The van der Waals surface area contributed by atoms with Gasteiger partial charge in [0.15, 0.2) is 5.00 Å². The largest absolute Gasteiger partial charge is 0.465 e. The maximum absolute atomic E-state index is 11.4. The van der Waals surface area contributed by atoms with Crippen molar-refractivity contribution in [2.75, 3.05) is 24.5 Å². The Bertz CT molecular complexity index is 554. The highest BCUT2D eigenvalue weighted by atomic mass is 32.1. The molecular formula is C12H18N4O4S. The summed E-state index contributed by atoms with van der Waals surface area (Å²) < 4.78 is 3.89. The van der Waals surface area contributed by atoms with Gasteiger partial charge < -0.3 is 14.9 Å². The van der Waals surface area contributed by atoms with E-state index in [0.29, 0.717) is 24.6 Å². The molecule has 1 amide bonds. The minimum Gasteiger partial charge on any atom is -0.465 e. The molecule has 1 saturated heterocycles. The number of amides is 1. The number of nitro groups is 1. The maximum atomic E-state index is 11.4. The zero-order valence-electron chi connectivity index (χ0n) is 12.1. The second-order valence-corrected chi connectivity index (χ2v) is 6.86. The van der Waals surface area contributed by atoms with Gasteiger partial charge in [0.1, 0.15) is 6.20 Å². The molecule has 21 heavy (non-hydrogen) atoms. The van der Waals surface area contributed by atoms with Crippen molar-refractivity contribution in [2.24, 2.45) is 5.41 Å². The van der Waals surface area contributed by atoms with Gasteiger partial charge in [-0.15, -0.1) is 0 Å². The van der Waals surface area contributed by atoms with Crippen molar-refractivity contribution in [3.05, 3.63) is 16.3 Å². The fourth-order valence-corrected chi connectivity index (χ4v) is 3.27. The molecule has 0 bridgehead atoms. The van der Waals surface area contributed by atoms with E-state index < -0.39 is 11.0 Å². The molecular weight excluding hydrogens is 296 g/mol. The maximum Gasteiger partial charge on any atom is 0.407 e. The van der Waals surface area contributed by atoms with Gasteiger partial charge in [0.05, 0.1) is 11.0 Å². The Kier molecular flexibility index (Phi) is 4.04. The molecule has 8 nitrogen and oxygen atoms in total. The van der Waals surface area contributed by atoms with Crippen molar-refractivity contribution in [2.45, 2.75) is 26.8 Å². The van der Waals surface area contributed by atoms with E-state index >= 15 is 0 Å². The molecule has 1 N–H and O–H groups in total. The molecule has 9 heteroatoms. The third-order valence-electron chi connectivity index (χ3n) is 3.64. The van der Waals surface area contributed by atoms with Gasteiger partial charge in [-0.05, 0) is 16.9 Å². The summed E-state index contributed by atoms with van der Waals surface area (Å²) in [6, 6.07) is -0.231. The SMILES string of the molecule is CC(C)(C)C1CN(c2sncc2[N+](=O)[O-])CCN1C(=O)O. The fraction of sp³-hybridized carbons (Fsp3) is 0.667. The van der Waals surface area contributed by atoms with Crippen molar-refractivity contribution >= 4 is 28.3 Å². The number of aromatic nitrogens is 1. The number of hydrogen-bond donors (Lipinski definition) is 1. The Labute approximate surface area is 126 Å². The zero-order chi connectivity index (χ0) is 15.8. The molecule has 0 spiro atoms. The van der Waals surface area contributed by atoms with Crippen molar-refractivity contribution < 1.29 is 14.8 Å². The highest BCUT2D eigenvalue weighted by molar-refractivity contribution is 7.10. The van der Waals surface area contributed by atoms with E-state index in [4.69, 9.17) is 0 Å². The van der Waals surface area contributed by atoms with E-state index in [-0.39, 0.29) is 17.1 Å². The topological polar surface area (TPSA) is 99.8 Å². The lowest BCUT2D eigenvalue weighted by Crippen LogP contribution is -2.59. The number of hydrogen-bond acceptors (Lipinski definition) is 6. The van der Waals surface area contributed by atoms with E-state index in [1.165, 1.54) is 11.1 Å². The van der Waals surface area contributed by atoms with Crippen molar-refractivity contribution in [3.63, 3.8) is 0 Å². The Morgan fingerprint density at radius 1 is 1.52 bits per heavy atom. The lowest BCUT2D eigenvalue weighted by Gasteiger charge is -2.45. The predicted octanol–water partition coefficient (Wildman–Crippen LogP) is 2.27. The number of carbonyl (C=O) groups is 1. The van der Waals surface area contributed by atoms with E-state index in [1.54, 1.807) is 0 Å². The number of piperazine rings is 1. The molecule has 0 radical (unpaired) electrons. The smallest absolute Gasteiger partial charge is 0.407 e. The number of rotatable bonds is 2. The van der Waals surface area contributed by atoms with Crippen molar-refractivity contribution in [1.29, 1.82) is 0 Å². The van der Waals surface area contributed by atoms with E-state index in [9.17, 15) is 20.0 Å². The Morgan fingerprint density at radius 3 is 2.71 bits per heavy atom. The third kappa shape index (κ3) is 3.07. The van der Waals surface area contributed by atoms with Crippen LogP contribution in [0, 0.1) is 15.5 Å². The second kappa shape index (κ2) is 5.47. The molecule has 1 aliphatic rings. The van der Waals surface area contributed by atoms with Crippen LogP contribution in [0.25, 0.3) is 0 Å². The molecule has 1 atom stereocenters. The van der Waals surface area contributed by atoms with Crippen LogP contribution in [0.2, 0.25) is 0 Å². The summed E-state index contributed by atoms with van der Waals surface area (Å²) in [4.78, 5) is 25.2. The first-order chi connectivity index (χ1) is 9.71. The minimum absolute atomic E-state index is 0.0172. The molecule has 1 aliphatic heterocycles. The summed E-state index contributed by atoms with van der Waals surface area (Å²) in [5, 5.41) is 20.8. The summed E-state index contributed by atoms with van der Waals surface area (Å²) in [7, 11) is 0. The van der Waals surface area contributed by atoms with Gasteiger partial charge in [0.2, 0.25) is 0 Å². The molecule has 2 heterocycles. The van der Waals surface area contributed by atoms with Crippen LogP contribution in [-0.2, 0) is 0 Å². The van der Waals surface area contributed by atoms with Crippen LogP contribution in [0.15, 0.2) is 6.20 Å². The predicted molar refractivity (Wildman–Crippen MR) is 79.0 cm³/mol. The Hall–Kier alpha value is -1.90. The minimum atomic E-state index is -0.951. The average Bonchev–Trinajstić information content (AvgIpc) is 2.86. The van der Waals surface area contributed by atoms with Crippen LogP contribution in [0.5, 0.6) is 0 Å². The highest BCUT2D eigenvalue weighted by Gasteiger charge is 2.39. The van der Waals surface area contributed by atoms with Crippen LogP contribution < -0.4 is 4.90 Å². The van der Waals surface area contributed by atoms with Gasteiger partial charge in [0.25, 0.3) is 0 Å². The van der Waals surface area contributed by atoms with E-state index in [2.05, 4.69) is 4.37 Å². The molecule has 1 aromatic rings. The molecule has 0 aromatic carbocycles. The van der Waals surface area contributed by atoms with Crippen LogP contribution in [0.3, 0.4) is 0 Å². The summed E-state index contributed by atoms with van der Waals surface area (Å²) in [6.07, 6.45) is 0.295. The summed E-state index contributed by atoms with van der Waals surface area (Å²) in [5.74, 6) is 0. The zero-order valence-corrected chi connectivity index (χ0v) is 13.0. The molecule has 1 unspecified atom stereocenters. The lowest BCUT2D eigenvalue weighted by atomic mass is 9.84. The van der Waals surface area contributed by atoms with Gasteiger partial charge in [-0.2, -0.15) is 4.37 Å². The number of carboxylic acid groups (broad SMARTS) is 1. The van der Waals surface area contributed by atoms with Gasteiger partial charge in [-0.1, -0.05) is 20.8 Å². The average molecular weight is 314 g/mol. The lowest BCUT2D eigenvalue weighted by molar-refractivity contribution is -0.384. The first-order valence-electron chi connectivity index (χ1n) is 6.55. The molecule has 0 aliphatic carbocycles. The van der Waals surface area contributed by atoms with Crippen LogP contribution in [0.1, 0.15) is 20.8 Å². The molecule has 2 rings (SSSR count). The quantitative estimate of drug-likeness (QED) is 0.664. The highest BCUT2D eigenvalue weighted by Crippen LogP contribution is 2.36. The van der Waals surface area contributed by atoms with Crippen LogP contribution >= 0.6 is 11.5 Å².